The summed E-state index contributed by atoms with van der Waals surface area (Å²) in [5, 5.41) is 2.69. The molecule has 0 atom stereocenters. The number of amides is 1. The van der Waals surface area contributed by atoms with E-state index in [-0.39, 0.29) is 23.9 Å². The number of rotatable bonds is 7. The SMILES string of the molecule is CCOC(=O)C1CCC(Oc2ccc(C(=O)NCCN)cn2)CC1. The molecule has 1 heterocycles. The van der Waals surface area contributed by atoms with Gasteiger partial charge in [0.05, 0.1) is 18.1 Å². The first kappa shape index (κ1) is 18.2. The highest BCUT2D eigenvalue weighted by Gasteiger charge is 2.28. The highest BCUT2D eigenvalue weighted by molar-refractivity contribution is 5.93. The van der Waals surface area contributed by atoms with Gasteiger partial charge in [0, 0.05) is 25.4 Å². The number of carbonyl (C=O) groups excluding carboxylic acids is 2. The van der Waals surface area contributed by atoms with Crippen LogP contribution >= 0.6 is 0 Å². The second-order valence-electron chi connectivity index (χ2n) is 5.77. The van der Waals surface area contributed by atoms with Gasteiger partial charge in [-0.15, -0.1) is 0 Å². The van der Waals surface area contributed by atoms with Gasteiger partial charge in [-0.25, -0.2) is 4.98 Å². The number of carbonyl (C=O) groups is 2. The van der Waals surface area contributed by atoms with E-state index in [1.54, 1.807) is 12.1 Å². The lowest BCUT2D eigenvalue weighted by Gasteiger charge is -2.27. The molecule has 132 valence electrons. The molecular weight excluding hydrogens is 310 g/mol. The largest absolute Gasteiger partial charge is 0.474 e. The van der Waals surface area contributed by atoms with Gasteiger partial charge < -0.3 is 20.5 Å². The summed E-state index contributed by atoms with van der Waals surface area (Å²) in [7, 11) is 0. The first-order valence-electron chi connectivity index (χ1n) is 8.41. The molecule has 7 heteroatoms. The molecule has 0 bridgehead atoms. The van der Waals surface area contributed by atoms with Crippen LogP contribution in [0, 0.1) is 5.92 Å². The van der Waals surface area contributed by atoms with E-state index in [1.807, 2.05) is 6.92 Å². The predicted octanol–water partition coefficient (Wildman–Crippen LogP) is 1.27. The van der Waals surface area contributed by atoms with Crippen LogP contribution in [0.25, 0.3) is 0 Å². The molecule has 1 aliphatic carbocycles. The third-order valence-electron chi connectivity index (χ3n) is 4.01. The minimum Gasteiger partial charge on any atom is -0.474 e. The molecule has 3 N–H and O–H groups in total. The molecular formula is C17H25N3O4. The zero-order valence-corrected chi connectivity index (χ0v) is 14.0. The summed E-state index contributed by atoms with van der Waals surface area (Å²) in [6.07, 6.45) is 4.66. The Morgan fingerprint density at radius 1 is 1.29 bits per heavy atom. The van der Waals surface area contributed by atoms with Gasteiger partial charge in [0.25, 0.3) is 5.91 Å². The molecule has 1 aromatic rings. The Kier molecular flexibility index (Phi) is 6.99. The van der Waals surface area contributed by atoms with E-state index in [0.717, 1.165) is 25.7 Å². The number of nitrogens with zero attached hydrogens (tertiary/aromatic N) is 1. The van der Waals surface area contributed by atoms with Crippen molar-refractivity contribution in [3.63, 3.8) is 0 Å². The van der Waals surface area contributed by atoms with Gasteiger partial charge in [-0.3, -0.25) is 9.59 Å². The van der Waals surface area contributed by atoms with Gasteiger partial charge in [-0.2, -0.15) is 0 Å². The lowest BCUT2D eigenvalue weighted by molar-refractivity contribution is -0.149. The molecule has 0 unspecified atom stereocenters. The number of hydrogen-bond acceptors (Lipinski definition) is 6. The third kappa shape index (κ3) is 5.19. The Hall–Kier alpha value is -2.15. The molecule has 1 amide bonds. The van der Waals surface area contributed by atoms with Crippen LogP contribution in [0.15, 0.2) is 18.3 Å². The fourth-order valence-electron chi connectivity index (χ4n) is 2.72. The molecule has 0 aliphatic heterocycles. The lowest BCUT2D eigenvalue weighted by atomic mass is 9.87. The van der Waals surface area contributed by atoms with Crippen LogP contribution in [0.1, 0.15) is 43.0 Å². The molecule has 1 aliphatic rings. The van der Waals surface area contributed by atoms with Crippen molar-refractivity contribution >= 4 is 11.9 Å². The number of esters is 1. The van der Waals surface area contributed by atoms with Crippen LogP contribution < -0.4 is 15.8 Å². The van der Waals surface area contributed by atoms with Crippen molar-refractivity contribution in [1.82, 2.24) is 10.3 Å². The van der Waals surface area contributed by atoms with Gasteiger partial charge >= 0.3 is 5.97 Å². The Morgan fingerprint density at radius 2 is 2.04 bits per heavy atom. The number of nitrogens with one attached hydrogen (secondary N) is 1. The number of ether oxygens (including phenoxy) is 2. The maximum Gasteiger partial charge on any atom is 0.308 e. The van der Waals surface area contributed by atoms with Crippen molar-refractivity contribution in [2.24, 2.45) is 11.7 Å². The van der Waals surface area contributed by atoms with Crippen LogP contribution in [0.3, 0.4) is 0 Å². The quantitative estimate of drug-likeness (QED) is 0.727. The van der Waals surface area contributed by atoms with Crippen LogP contribution in [0.5, 0.6) is 5.88 Å². The third-order valence-corrected chi connectivity index (χ3v) is 4.01. The molecule has 0 radical (unpaired) electrons. The summed E-state index contributed by atoms with van der Waals surface area (Å²) in [5.41, 5.74) is 5.82. The number of hydrogen-bond donors (Lipinski definition) is 2. The Morgan fingerprint density at radius 3 is 2.62 bits per heavy atom. The molecule has 0 spiro atoms. The van der Waals surface area contributed by atoms with E-state index in [9.17, 15) is 9.59 Å². The highest BCUT2D eigenvalue weighted by Crippen LogP contribution is 2.28. The van der Waals surface area contributed by atoms with Gasteiger partial charge in [0.2, 0.25) is 5.88 Å². The Bertz CT molecular complexity index is 539. The van der Waals surface area contributed by atoms with E-state index in [0.29, 0.717) is 31.1 Å². The molecule has 2 rings (SSSR count). The summed E-state index contributed by atoms with van der Waals surface area (Å²) in [5.74, 6) is 0.160. The van der Waals surface area contributed by atoms with Crippen molar-refractivity contribution < 1.29 is 19.1 Å². The van der Waals surface area contributed by atoms with Crippen LogP contribution in [-0.4, -0.2) is 42.7 Å². The van der Waals surface area contributed by atoms with Crippen LogP contribution in [0.4, 0.5) is 0 Å². The minimum absolute atomic E-state index is 0.0219. The standard InChI is InChI=1S/C17H25N3O4/c1-2-23-17(22)12-3-6-14(7-4-12)24-15-8-5-13(11-20-15)16(21)19-10-9-18/h5,8,11-12,14H,2-4,6-7,9-10,18H2,1H3,(H,19,21). The van der Waals surface area contributed by atoms with Crippen molar-refractivity contribution in [2.45, 2.75) is 38.7 Å². The van der Waals surface area contributed by atoms with Crippen molar-refractivity contribution in [1.29, 1.82) is 0 Å². The van der Waals surface area contributed by atoms with Gasteiger partial charge in [-0.1, -0.05) is 0 Å². The average molecular weight is 335 g/mol. The number of nitrogens with two attached hydrogens (primary N) is 1. The molecule has 0 aromatic carbocycles. The van der Waals surface area contributed by atoms with Crippen LogP contribution in [0.2, 0.25) is 0 Å². The summed E-state index contributed by atoms with van der Waals surface area (Å²) in [4.78, 5) is 27.7. The summed E-state index contributed by atoms with van der Waals surface area (Å²) >= 11 is 0. The van der Waals surface area contributed by atoms with E-state index in [4.69, 9.17) is 15.2 Å². The Labute approximate surface area is 141 Å². The van der Waals surface area contributed by atoms with Crippen molar-refractivity contribution in [3.8, 4) is 5.88 Å². The number of pyridine rings is 1. The zero-order valence-electron chi connectivity index (χ0n) is 14.0. The van der Waals surface area contributed by atoms with Gasteiger partial charge in [0.15, 0.2) is 0 Å². The van der Waals surface area contributed by atoms with E-state index >= 15 is 0 Å². The highest BCUT2D eigenvalue weighted by atomic mass is 16.5. The van der Waals surface area contributed by atoms with Crippen molar-refractivity contribution in [2.75, 3.05) is 19.7 Å². The molecule has 1 fully saturated rings. The van der Waals surface area contributed by atoms with Gasteiger partial charge in [-0.05, 0) is 38.7 Å². The second kappa shape index (κ2) is 9.22. The topological polar surface area (TPSA) is 104 Å². The maximum atomic E-state index is 11.8. The average Bonchev–Trinajstić information content (AvgIpc) is 2.61. The zero-order chi connectivity index (χ0) is 17.4. The first-order valence-corrected chi connectivity index (χ1v) is 8.41. The molecule has 1 saturated carbocycles. The van der Waals surface area contributed by atoms with E-state index < -0.39 is 0 Å². The predicted molar refractivity (Wildman–Crippen MR) is 88.6 cm³/mol. The monoisotopic (exact) mass is 335 g/mol. The normalized spacial score (nSPS) is 20.2. The fourth-order valence-corrected chi connectivity index (χ4v) is 2.72. The summed E-state index contributed by atoms with van der Waals surface area (Å²) in [6, 6.07) is 3.37. The molecule has 7 nitrogen and oxygen atoms in total. The summed E-state index contributed by atoms with van der Waals surface area (Å²) < 4.78 is 10.9. The molecule has 1 aromatic heterocycles. The Balaban J connectivity index is 1.80. The fraction of sp³-hybridized carbons (Fsp3) is 0.588. The molecule has 24 heavy (non-hydrogen) atoms. The number of aromatic nitrogens is 1. The van der Waals surface area contributed by atoms with Crippen LogP contribution in [-0.2, 0) is 9.53 Å². The van der Waals surface area contributed by atoms with E-state index in [1.165, 1.54) is 6.20 Å². The van der Waals surface area contributed by atoms with E-state index in [2.05, 4.69) is 10.3 Å². The van der Waals surface area contributed by atoms with Crippen molar-refractivity contribution in [3.05, 3.63) is 23.9 Å². The smallest absolute Gasteiger partial charge is 0.308 e. The van der Waals surface area contributed by atoms with Gasteiger partial charge in [0.1, 0.15) is 6.10 Å². The maximum absolute atomic E-state index is 11.8. The first-order chi connectivity index (χ1) is 11.6. The summed E-state index contributed by atoms with van der Waals surface area (Å²) in [6.45, 7) is 3.07. The minimum atomic E-state index is -0.200. The second-order valence-corrected chi connectivity index (χ2v) is 5.77. The lowest BCUT2D eigenvalue weighted by Crippen LogP contribution is -2.29. The molecule has 0 saturated heterocycles.